The molecule has 6 heteroatoms. The van der Waals surface area contributed by atoms with Crippen LogP contribution >= 0.6 is 11.3 Å². The highest BCUT2D eigenvalue weighted by Gasteiger charge is 2.32. The van der Waals surface area contributed by atoms with Crippen molar-refractivity contribution in [2.24, 2.45) is 0 Å². The summed E-state index contributed by atoms with van der Waals surface area (Å²) >= 11 is 1.58. The van der Waals surface area contributed by atoms with E-state index in [0.29, 0.717) is 28.1 Å². The van der Waals surface area contributed by atoms with Crippen LogP contribution in [0.15, 0.2) is 102 Å². The number of Topliss-reactive ketones (excluding diaryl/α,β-unsaturated/α-hetero) is 1. The number of nitriles is 1. The van der Waals surface area contributed by atoms with E-state index < -0.39 is 0 Å². The fourth-order valence-electron chi connectivity index (χ4n) is 4.54. The van der Waals surface area contributed by atoms with Crippen molar-refractivity contribution in [1.29, 1.82) is 5.26 Å². The molecule has 0 spiro atoms. The Bertz CT molecular complexity index is 1790. The number of hydrogen-bond donors (Lipinski definition) is 0. The molecule has 0 N–H and O–H groups in total. The summed E-state index contributed by atoms with van der Waals surface area (Å²) < 4.78 is 2.02. The number of rotatable bonds is 3. The number of allylic oxidation sites excluding steroid dienone is 3. The van der Waals surface area contributed by atoms with Crippen molar-refractivity contribution < 1.29 is 4.79 Å². The van der Waals surface area contributed by atoms with Gasteiger partial charge in [0, 0.05) is 27.3 Å². The average molecular weight is 481 g/mol. The minimum Gasteiger partial charge on any atom is -0.292 e. The maximum absolute atomic E-state index is 13.4. The molecule has 0 amide bonds. The Morgan fingerprint density at radius 2 is 1.64 bits per heavy atom. The summed E-state index contributed by atoms with van der Waals surface area (Å²) in [6.45, 7) is 7.53. The summed E-state index contributed by atoms with van der Waals surface area (Å²) in [5, 5.41) is 9.66. The van der Waals surface area contributed by atoms with Gasteiger partial charge in [-0.25, -0.2) is 15.1 Å². The number of thiophene rings is 1. The smallest absolute Gasteiger partial charge is 0.270 e. The van der Waals surface area contributed by atoms with Crippen LogP contribution in [-0.2, 0) is 0 Å². The van der Waals surface area contributed by atoms with Crippen LogP contribution in [0.4, 0.5) is 0 Å². The third kappa shape index (κ3) is 3.37. The molecule has 2 aromatic heterocycles. The summed E-state index contributed by atoms with van der Waals surface area (Å²) in [6, 6.07) is 31.2. The van der Waals surface area contributed by atoms with Gasteiger partial charge in [0.15, 0.2) is 5.78 Å². The van der Waals surface area contributed by atoms with Gasteiger partial charge in [-0.1, -0.05) is 72.8 Å². The van der Waals surface area contributed by atoms with E-state index in [0.717, 1.165) is 26.5 Å². The van der Waals surface area contributed by atoms with Crippen LogP contribution in [0.1, 0.15) is 21.7 Å². The van der Waals surface area contributed by atoms with Crippen molar-refractivity contribution in [2.75, 3.05) is 0 Å². The van der Waals surface area contributed by atoms with E-state index in [1.807, 2.05) is 59.2 Å². The summed E-state index contributed by atoms with van der Waals surface area (Å²) in [6.07, 6.45) is 1.71. The van der Waals surface area contributed by atoms with Crippen molar-refractivity contribution in [1.82, 2.24) is 9.55 Å². The van der Waals surface area contributed by atoms with Crippen LogP contribution in [-0.4, -0.2) is 15.3 Å². The van der Waals surface area contributed by atoms with Gasteiger partial charge in [0.25, 0.3) is 5.70 Å². The summed E-state index contributed by atoms with van der Waals surface area (Å²) in [5.74, 6) is 0.353. The molecule has 1 aliphatic carbocycles. The number of para-hydroxylation sites is 1. The molecule has 1 aliphatic rings. The first-order chi connectivity index (χ1) is 17.7. The first kappa shape index (κ1) is 21.5. The fraction of sp³-hybridized carbons (Fsp3) is 0. The zero-order valence-corrected chi connectivity index (χ0v) is 19.7. The highest BCUT2D eigenvalue weighted by molar-refractivity contribution is 7.21. The van der Waals surface area contributed by atoms with E-state index in [2.05, 4.69) is 23.0 Å². The molecule has 0 aliphatic heterocycles. The molecule has 6 rings (SSSR count). The molecule has 5 nitrogen and oxygen atoms in total. The largest absolute Gasteiger partial charge is 0.292 e. The number of imidazole rings is 1. The van der Waals surface area contributed by atoms with Gasteiger partial charge in [0.2, 0.25) is 0 Å². The molecule has 5 aromatic rings. The number of hydrogen-bond acceptors (Lipinski definition) is 4. The van der Waals surface area contributed by atoms with E-state index in [9.17, 15) is 10.1 Å². The molecule has 0 saturated carbocycles. The number of fused-ring (bicyclic) bond motifs is 2. The van der Waals surface area contributed by atoms with Crippen LogP contribution in [0.25, 0.3) is 43.0 Å². The number of nitrogens with zero attached hydrogens (tertiary/aromatic N) is 4. The first-order valence-electron chi connectivity index (χ1n) is 11.2. The van der Waals surface area contributed by atoms with E-state index in [4.69, 9.17) is 11.6 Å². The Morgan fingerprint density at radius 3 is 2.33 bits per heavy atom. The lowest BCUT2D eigenvalue weighted by Crippen LogP contribution is -2.00. The third-order valence-electron chi connectivity index (χ3n) is 6.14. The van der Waals surface area contributed by atoms with E-state index in [1.54, 1.807) is 41.7 Å². The molecule has 0 atom stereocenters. The summed E-state index contributed by atoms with van der Waals surface area (Å²) in [7, 11) is 0. The maximum atomic E-state index is 13.4. The third-order valence-corrected chi connectivity index (χ3v) is 7.20. The average Bonchev–Trinajstić information content (AvgIpc) is 3.57. The highest BCUT2D eigenvalue weighted by Crippen LogP contribution is 2.41. The van der Waals surface area contributed by atoms with E-state index >= 15 is 0 Å². The Hall–Kier alpha value is -5.04. The second-order valence-corrected chi connectivity index (χ2v) is 9.22. The van der Waals surface area contributed by atoms with Crippen molar-refractivity contribution in [2.45, 2.75) is 0 Å². The monoisotopic (exact) mass is 480 g/mol. The van der Waals surface area contributed by atoms with Gasteiger partial charge in [-0.05, 0) is 35.4 Å². The fourth-order valence-corrected chi connectivity index (χ4v) is 5.57. The van der Waals surface area contributed by atoms with E-state index in [1.165, 1.54) is 0 Å². The van der Waals surface area contributed by atoms with Gasteiger partial charge < -0.3 is 0 Å². The molecule has 168 valence electrons. The van der Waals surface area contributed by atoms with Gasteiger partial charge in [0.1, 0.15) is 10.7 Å². The van der Waals surface area contributed by atoms with Crippen molar-refractivity contribution in [3.8, 4) is 22.2 Å². The molecule has 3 aromatic carbocycles. The molecular weight excluding hydrogens is 464 g/mol. The quantitative estimate of drug-likeness (QED) is 0.156. The lowest BCUT2D eigenvalue weighted by Gasteiger charge is -2.08. The minimum absolute atomic E-state index is 0.106. The second kappa shape index (κ2) is 8.63. The van der Waals surface area contributed by atoms with Gasteiger partial charge >= 0.3 is 0 Å². The molecule has 2 heterocycles. The van der Waals surface area contributed by atoms with Crippen LogP contribution in [0, 0.1) is 17.9 Å². The standard InChI is InChI=1S/C30H16N4OS/c1-32-24(18-31)28-21-14-8-9-15-22(21)29(35)23(28)16-27-33-30-25(34(27)20-12-6-3-7-13-20)17-26(36-30)19-10-4-2-5-11-19/h2-17H/b23-16-,28-24-. The van der Waals surface area contributed by atoms with Crippen LogP contribution in [0.3, 0.4) is 0 Å². The topological polar surface area (TPSA) is 63.0 Å². The van der Waals surface area contributed by atoms with Gasteiger partial charge in [0.05, 0.1) is 18.2 Å². The zero-order valence-electron chi connectivity index (χ0n) is 18.8. The molecule has 0 fully saturated rings. The molecule has 0 saturated heterocycles. The SMILES string of the molecule is [C-]#[N+]/C(C#N)=C1\C(=C\c2nc3sc(-c4ccccc4)cc3n2-c2ccccc2)C(=O)c2ccccc21. The Labute approximate surface area is 211 Å². The van der Waals surface area contributed by atoms with E-state index in [-0.39, 0.29) is 11.5 Å². The molecule has 0 unspecified atom stereocenters. The number of carbonyl (C=O) groups excluding carboxylic acids is 1. The normalized spacial score (nSPS) is 15.1. The lowest BCUT2D eigenvalue weighted by atomic mass is 10.0. The summed E-state index contributed by atoms with van der Waals surface area (Å²) in [5.41, 5.74) is 4.60. The molecule has 0 radical (unpaired) electrons. The second-order valence-electron chi connectivity index (χ2n) is 8.19. The lowest BCUT2D eigenvalue weighted by molar-refractivity contribution is 0.104. The Morgan fingerprint density at radius 1 is 0.972 bits per heavy atom. The van der Waals surface area contributed by atoms with Crippen LogP contribution in [0.5, 0.6) is 0 Å². The number of ketones is 1. The number of carbonyl (C=O) groups is 1. The maximum Gasteiger partial charge on any atom is 0.270 e. The van der Waals surface area contributed by atoms with Crippen molar-refractivity contribution >= 4 is 39.1 Å². The predicted molar refractivity (Wildman–Crippen MR) is 142 cm³/mol. The molecule has 0 bridgehead atoms. The van der Waals surface area contributed by atoms with Gasteiger partial charge in [-0.3, -0.25) is 9.36 Å². The minimum atomic E-state index is -0.215. The molecule has 36 heavy (non-hydrogen) atoms. The number of aromatic nitrogens is 2. The Kier molecular flexibility index (Phi) is 5.15. The summed E-state index contributed by atoms with van der Waals surface area (Å²) in [4.78, 5) is 23.7. The first-order valence-corrected chi connectivity index (χ1v) is 12.0. The molecular formula is C30H16N4OS. The van der Waals surface area contributed by atoms with Crippen molar-refractivity contribution in [3.05, 3.63) is 131 Å². The Balaban J connectivity index is 1.61. The number of benzene rings is 3. The zero-order chi connectivity index (χ0) is 24.6. The highest BCUT2D eigenvalue weighted by atomic mass is 32.1. The van der Waals surface area contributed by atoms with Crippen LogP contribution < -0.4 is 0 Å². The van der Waals surface area contributed by atoms with Gasteiger partial charge in [-0.2, -0.15) is 0 Å². The van der Waals surface area contributed by atoms with Crippen molar-refractivity contribution in [3.63, 3.8) is 0 Å². The van der Waals surface area contributed by atoms with Crippen LogP contribution in [0.2, 0.25) is 0 Å². The van der Waals surface area contributed by atoms with Gasteiger partial charge in [-0.15, -0.1) is 11.3 Å². The predicted octanol–water partition coefficient (Wildman–Crippen LogP) is 7.19.